The van der Waals surface area contributed by atoms with Gasteiger partial charge in [-0.3, -0.25) is 4.79 Å². The molecule has 106 valence electrons. The number of rotatable bonds is 3. The maximum atomic E-state index is 12.0. The van der Waals surface area contributed by atoms with Gasteiger partial charge in [-0.2, -0.15) is 0 Å². The molecule has 5 heteroatoms. The van der Waals surface area contributed by atoms with E-state index in [0.717, 1.165) is 21.2 Å². The second-order valence-corrected chi connectivity index (χ2v) is 6.02. The highest BCUT2D eigenvalue weighted by Gasteiger charge is 2.20. The summed E-state index contributed by atoms with van der Waals surface area (Å²) >= 11 is 7.55. The fraction of sp³-hybridized carbons (Fsp3) is 0.0625. The van der Waals surface area contributed by atoms with Crippen molar-refractivity contribution in [3.05, 3.63) is 70.2 Å². The molecule has 1 aliphatic rings. The molecule has 0 atom stereocenters. The van der Waals surface area contributed by atoms with E-state index in [1.807, 2.05) is 48.5 Å². The Bertz CT molecular complexity index is 715. The molecule has 0 fully saturated rings. The number of hydrogen-bond donors (Lipinski definition) is 2. The van der Waals surface area contributed by atoms with E-state index in [1.165, 1.54) is 11.8 Å². The molecule has 0 spiro atoms. The molecule has 2 aromatic rings. The topological polar surface area (TPSA) is 41.1 Å². The Morgan fingerprint density at radius 2 is 1.90 bits per heavy atom. The molecule has 0 aliphatic carbocycles. The molecule has 1 amide bonds. The van der Waals surface area contributed by atoms with Crippen molar-refractivity contribution in [1.29, 1.82) is 0 Å². The standard InChI is InChI=1S/C16H13ClN2OS/c17-12-6-2-1-5-11(12)9-18-10-15-16(20)19-13-7-3-4-8-14(13)21-15/h1-8,10,18H,9H2,(H,19,20)/b15-10-. The summed E-state index contributed by atoms with van der Waals surface area (Å²) in [6.07, 6.45) is 1.74. The normalized spacial score (nSPS) is 15.5. The Labute approximate surface area is 132 Å². The van der Waals surface area contributed by atoms with E-state index < -0.39 is 0 Å². The summed E-state index contributed by atoms with van der Waals surface area (Å²) in [6.45, 7) is 0.582. The van der Waals surface area contributed by atoms with Gasteiger partial charge in [0.2, 0.25) is 0 Å². The number of hydrogen-bond acceptors (Lipinski definition) is 3. The SMILES string of the molecule is O=C1Nc2ccccc2S/C1=C\NCc1ccccc1Cl. The minimum absolute atomic E-state index is 0.0923. The first-order valence-electron chi connectivity index (χ1n) is 6.49. The summed E-state index contributed by atoms with van der Waals surface area (Å²) in [5, 5.41) is 6.74. The molecule has 21 heavy (non-hydrogen) atoms. The molecule has 3 nitrogen and oxygen atoms in total. The second-order valence-electron chi connectivity index (χ2n) is 4.53. The molecule has 1 heterocycles. The van der Waals surface area contributed by atoms with Crippen LogP contribution in [0.4, 0.5) is 5.69 Å². The predicted octanol–water partition coefficient (Wildman–Crippen LogP) is 4.02. The third-order valence-corrected chi connectivity index (χ3v) is 4.53. The van der Waals surface area contributed by atoms with E-state index in [-0.39, 0.29) is 5.91 Å². The first-order chi connectivity index (χ1) is 10.2. The number of carbonyl (C=O) groups is 1. The van der Waals surface area contributed by atoms with Crippen molar-refractivity contribution in [2.24, 2.45) is 0 Å². The van der Waals surface area contributed by atoms with Gasteiger partial charge < -0.3 is 10.6 Å². The fourth-order valence-electron chi connectivity index (χ4n) is 2.00. The zero-order chi connectivity index (χ0) is 14.7. The molecule has 0 saturated heterocycles. The van der Waals surface area contributed by atoms with Crippen molar-refractivity contribution < 1.29 is 4.79 Å². The first-order valence-corrected chi connectivity index (χ1v) is 7.68. The number of halogens is 1. The van der Waals surface area contributed by atoms with E-state index in [4.69, 9.17) is 11.6 Å². The van der Waals surface area contributed by atoms with Gasteiger partial charge in [-0.05, 0) is 23.8 Å². The molecule has 0 radical (unpaired) electrons. The number of benzene rings is 2. The van der Waals surface area contributed by atoms with Crippen LogP contribution in [0.2, 0.25) is 5.02 Å². The molecule has 0 unspecified atom stereocenters. The van der Waals surface area contributed by atoms with Crippen LogP contribution in [0.15, 0.2) is 64.5 Å². The van der Waals surface area contributed by atoms with Crippen LogP contribution in [0.5, 0.6) is 0 Å². The predicted molar refractivity (Wildman–Crippen MR) is 87.3 cm³/mol. The number of anilines is 1. The number of para-hydroxylation sites is 1. The van der Waals surface area contributed by atoms with Gasteiger partial charge in [0.1, 0.15) is 0 Å². The van der Waals surface area contributed by atoms with Crippen molar-refractivity contribution in [2.45, 2.75) is 11.4 Å². The van der Waals surface area contributed by atoms with Gasteiger partial charge in [0.15, 0.2) is 0 Å². The lowest BCUT2D eigenvalue weighted by Gasteiger charge is -2.18. The monoisotopic (exact) mass is 316 g/mol. The summed E-state index contributed by atoms with van der Waals surface area (Å²) in [7, 11) is 0. The zero-order valence-electron chi connectivity index (χ0n) is 11.1. The Morgan fingerprint density at radius 1 is 1.14 bits per heavy atom. The van der Waals surface area contributed by atoms with Gasteiger partial charge in [0.05, 0.1) is 10.6 Å². The Hall–Kier alpha value is -1.91. The van der Waals surface area contributed by atoms with Crippen LogP contribution in [0.3, 0.4) is 0 Å². The molecule has 0 saturated carbocycles. The van der Waals surface area contributed by atoms with E-state index in [9.17, 15) is 4.79 Å². The van der Waals surface area contributed by atoms with Crippen molar-refractivity contribution in [3.8, 4) is 0 Å². The van der Waals surface area contributed by atoms with Gasteiger partial charge >= 0.3 is 0 Å². The minimum atomic E-state index is -0.0923. The largest absolute Gasteiger partial charge is 0.386 e. The van der Waals surface area contributed by atoms with Crippen LogP contribution in [0.1, 0.15) is 5.56 Å². The van der Waals surface area contributed by atoms with Crippen LogP contribution < -0.4 is 10.6 Å². The zero-order valence-corrected chi connectivity index (χ0v) is 12.7. The minimum Gasteiger partial charge on any atom is -0.386 e. The quantitative estimate of drug-likeness (QED) is 0.840. The van der Waals surface area contributed by atoms with Crippen molar-refractivity contribution in [1.82, 2.24) is 5.32 Å². The Kier molecular flexibility index (Phi) is 4.18. The lowest BCUT2D eigenvalue weighted by atomic mass is 10.2. The summed E-state index contributed by atoms with van der Waals surface area (Å²) in [6, 6.07) is 15.4. The van der Waals surface area contributed by atoms with E-state index in [2.05, 4.69) is 10.6 Å². The first kappa shape index (κ1) is 14.0. The highest BCUT2D eigenvalue weighted by molar-refractivity contribution is 8.04. The number of carbonyl (C=O) groups excluding carboxylic acids is 1. The van der Waals surface area contributed by atoms with Crippen LogP contribution in [-0.2, 0) is 11.3 Å². The maximum Gasteiger partial charge on any atom is 0.263 e. The third kappa shape index (κ3) is 3.23. The smallest absolute Gasteiger partial charge is 0.263 e. The van der Waals surface area contributed by atoms with Crippen molar-refractivity contribution in [3.63, 3.8) is 0 Å². The summed E-state index contributed by atoms with van der Waals surface area (Å²) in [5.41, 5.74) is 1.85. The second kappa shape index (κ2) is 6.24. The molecule has 2 aromatic carbocycles. The van der Waals surface area contributed by atoms with Crippen LogP contribution in [-0.4, -0.2) is 5.91 Å². The number of fused-ring (bicyclic) bond motifs is 1. The molecule has 0 aromatic heterocycles. The molecule has 0 bridgehead atoms. The van der Waals surface area contributed by atoms with Gasteiger partial charge in [0.25, 0.3) is 5.91 Å². The molecule has 3 rings (SSSR count). The van der Waals surface area contributed by atoms with Crippen molar-refractivity contribution >= 4 is 35.0 Å². The highest BCUT2D eigenvalue weighted by Crippen LogP contribution is 2.37. The molecule has 2 N–H and O–H groups in total. The summed E-state index contributed by atoms with van der Waals surface area (Å²) < 4.78 is 0. The van der Waals surface area contributed by atoms with Gasteiger partial charge in [0, 0.05) is 22.7 Å². The lowest BCUT2D eigenvalue weighted by molar-refractivity contribution is -0.112. The van der Waals surface area contributed by atoms with Crippen molar-refractivity contribution in [2.75, 3.05) is 5.32 Å². The van der Waals surface area contributed by atoms with Crippen LogP contribution >= 0.6 is 23.4 Å². The van der Waals surface area contributed by atoms with Gasteiger partial charge in [-0.25, -0.2) is 0 Å². The van der Waals surface area contributed by atoms with E-state index >= 15 is 0 Å². The highest BCUT2D eigenvalue weighted by atomic mass is 35.5. The average Bonchev–Trinajstić information content (AvgIpc) is 2.49. The maximum absolute atomic E-state index is 12.0. The third-order valence-electron chi connectivity index (χ3n) is 3.06. The fourth-order valence-corrected chi connectivity index (χ4v) is 3.10. The molecular formula is C16H13ClN2OS. The average molecular weight is 317 g/mol. The van der Waals surface area contributed by atoms with Crippen LogP contribution in [0.25, 0.3) is 0 Å². The molecular weight excluding hydrogens is 304 g/mol. The Balaban J connectivity index is 1.70. The lowest BCUT2D eigenvalue weighted by Crippen LogP contribution is -2.19. The number of thioether (sulfide) groups is 1. The molecule has 1 aliphatic heterocycles. The van der Waals surface area contributed by atoms with Gasteiger partial charge in [-0.1, -0.05) is 53.7 Å². The van der Waals surface area contributed by atoms with Gasteiger partial charge in [-0.15, -0.1) is 0 Å². The van der Waals surface area contributed by atoms with E-state index in [1.54, 1.807) is 6.20 Å². The summed E-state index contributed by atoms with van der Waals surface area (Å²) in [4.78, 5) is 13.7. The Morgan fingerprint density at radius 3 is 2.76 bits per heavy atom. The number of amides is 1. The van der Waals surface area contributed by atoms with E-state index in [0.29, 0.717) is 11.4 Å². The number of nitrogens with one attached hydrogen (secondary N) is 2. The summed E-state index contributed by atoms with van der Waals surface area (Å²) in [5.74, 6) is -0.0923. The van der Waals surface area contributed by atoms with Crippen LogP contribution in [0, 0.1) is 0 Å².